The Labute approximate surface area is 156 Å². The molecule has 2 aliphatic carbocycles. The Kier molecular flexibility index (Phi) is 7.85. The molecule has 4 heteroatoms. The molecule has 0 radical (unpaired) electrons. The zero-order valence-electron chi connectivity index (χ0n) is 16.3. The van der Waals surface area contributed by atoms with Crippen molar-refractivity contribution in [2.45, 2.75) is 84.4 Å². The lowest BCUT2D eigenvalue weighted by Crippen LogP contribution is -2.24. The van der Waals surface area contributed by atoms with E-state index in [0.717, 1.165) is 36.2 Å². The van der Waals surface area contributed by atoms with Crippen LogP contribution in [0.3, 0.4) is 0 Å². The second-order valence-electron chi connectivity index (χ2n) is 7.75. The van der Waals surface area contributed by atoms with Gasteiger partial charge in [0.25, 0.3) is 0 Å². The van der Waals surface area contributed by atoms with E-state index in [-0.39, 0.29) is 5.75 Å². The zero-order valence-corrected chi connectivity index (χ0v) is 16.3. The van der Waals surface area contributed by atoms with E-state index in [1.54, 1.807) is 12.1 Å². The molecule has 0 aliphatic heterocycles. The molecule has 0 N–H and O–H groups in total. The van der Waals surface area contributed by atoms with Gasteiger partial charge < -0.3 is 4.74 Å². The van der Waals surface area contributed by atoms with Gasteiger partial charge in [0, 0.05) is 0 Å². The van der Waals surface area contributed by atoms with Crippen LogP contribution >= 0.6 is 0 Å². The highest BCUT2D eigenvalue weighted by Crippen LogP contribution is 2.44. The average molecular weight is 370 g/mol. The third-order valence-corrected chi connectivity index (χ3v) is 6.08. The Morgan fingerprint density at radius 1 is 0.769 bits per heavy atom. The molecule has 0 spiro atoms. The van der Waals surface area contributed by atoms with Crippen LogP contribution in [-0.4, -0.2) is 6.36 Å². The molecular weight excluding hydrogens is 337 g/mol. The highest BCUT2D eigenvalue weighted by Gasteiger charge is 2.32. The summed E-state index contributed by atoms with van der Waals surface area (Å²) in [6.07, 6.45) is 5.79. The lowest BCUT2D eigenvalue weighted by Gasteiger charge is -2.37. The monoisotopic (exact) mass is 370 g/mol. The van der Waals surface area contributed by atoms with Crippen molar-refractivity contribution in [1.29, 1.82) is 0 Å². The summed E-state index contributed by atoms with van der Waals surface area (Å²) in [6.45, 7) is 6.36. The van der Waals surface area contributed by atoms with Crippen LogP contribution in [0.15, 0.2) is 24.3 Å². The van der Waals surface area contributed by atoms with Gasteiger partial charge in [0.1, 0.15) is 5.75 Å². The van der Waals surface area contributed by atoms with E-state index in [9.17, 15) is 13.2 Å². The van der Waals surface area contributed by atoms with Gasteiger partial charge in [0.05, 0.1) is 0 Å². The number of hydrogen-bond donors (Lipinski definition) is 0. The number of hydrogen-bond acceptors (Lipinski definition) is 1. The molecule has 1 aromatic carbocycles. The Morgan fingerprint density at radius 3 is 1.69 bits per heavy atom. The molecule has 2 aliphatic rings. The smallest absolute Gasteiger partial charge is 0.406 e. The van der Waals surface area contributed by atoms with Crippen molar-refractivity contribution < 1.29 is 17.9 Å². The van der Waals surface area contributed by atoms with Gasteiger partial charge in [-0.25, -0.2) is 0 Å². The topological polar surface area (TPSA) is 9.23 Å². The van der Waals surface area contributed by atoms with Crippen LogP contribution in [-0.2, 0) is 0 Å². The molecule has 2 fully saturated rings. The van der Waals surface area contributed by atoms with Crippen molar-refractivity contribution >= 4 is 0 Å². The fraction of sp³-hybridized carbons (Fsp3) is 0.727. The Morgan fingerprint density at radius 2 is 1.23 bits per heavy atom. The van der Waals surface area contributed by atoms with Crippen LogP contribution in [0, 0.1) is 17.8 Å². The Bertz CT molecular complexity index is 507. The summed E-state index contributed by atoms with van der Waals surface area (Å²) in [5, 5.41) is 0. The van der Waals surface area contributed by atoms with Gasteiger partial charge in [-0.3, -0.25) is 0 Å². The van der Waals surface area contributed by atoms with Crippen LogP contribution in [0.5, 0.6) is 5.75 Å². The van der Waals surface area contributed by atoms with Crippen LogP contribution in [0.4, 0.5) is 13.2 Å². The first-order valence-corrected chi connectivity index (χ1v) is 10.3. The van der Waals surface area contributed by atoms with Gasteiger partial charge in [0.15, 0.2) is 0 Å². The second-order valence-corrected chi connectivity index (χ2v) is 7.75. The van der Waals surface area contributed by atoms with Crippen molar-refractivity contribution in [2.75, 3.05) is 0 Å². The minimum Gasteiger partial charge on any atom is -0.406 e. The van der Waals surface area contributed by atoms with Crippen molar-refractivity contribution in [3.63, 3.8) is 0 Å². The molecule has 1 aromatic rings. The first-order valence-electron chi connectivity index (χ1n) is 10.3. The SMILES string of the molecule is CC.CC1CCC(C2CCC(c3ccc(OC(F)(F)F)cc3)CC2)CC1. The van der Waals surface area contributed by atoms with Gasteiger partial charge >= 0.3 is 6.36 Å². The van der Waals surface area contributed by atoms with Crippen molar-refractivity contribution in [3.8, 4) is 5.75 Å². The molecule has 1 nitrogen and oxygen atoms in total. The fourth-order valence-electron chi connectivity index (χ4n) is 4.62. The van der Waals surface area contributed by atoms with Crippen LogP contribution in [0.2, 0.25) is 0 Å². The predicted molar refractivity (Wildman–Crippen MR) is 100 cm³/mol. The molecule has 0 aromatic heterocycles. The van der Waals surface area contributed by atoms with E-state index >= 15 is 0 Å². The highest BCUT2D eigenvalue weighted by atomic mass is 19.4. The van der Waals surface area contributed by atoms with Crippen LogP contribution in [0.25, 0.3) is 0 Å². The van der Waals surface area contributed by atoms with Gasteiger partial charge in [-0.1, -0.05) is 45.7 Å². The molecule has 0 bridgehead atoms. The van der Waals surface area contributed by atoms with Gasteiger partial charge in [-0.05, 0) is 79.9 Å². The summed E-state index contributed by atoms with van der Waals surface area (Å²) in [7, 11) is 0. The fourth-order valence-corrected chi connectivity index (χ4v) is 4.62. The number of benzene rings is 1. The summed E-state index contributed by atoms with van der Waals surface area (Å²) in [5.41, 5.74) is 1.15. The van der Waals surface area contributed by atoms with Crippen molar-refractivity contribution in [3.05, 3.63) is 29.8 Å². The van der Waals surface area contributed by atoms with E-state index < -0.39 is 6.36 Å². The minimum atomic E-state index is -4.61. The van der Waals surface area contributed by atoms with E-state index in [1.165, 1.54) is 50.7 Å². The standard InChI is InChI=1S/C20H27F3O.C2H6/c1-14-2-4-15(5-3-14)16-6-8-17(9-7-16)18-10-12-19(13-11-18)24-20(21,22)23;1-2/h10-17H,2-9H2,1H3;1-2H3. The molecule has 0 unspecified atom stereocenters. The van der Waals surface area contributed by atoms with E-state index in [4.69, 9.17) is 0 Å². The summed E-state index contributed by atoms with van der Waals surface area (Å²) in [4.78, 5) is 0. The maximum atomic E-state index is 12.2. The number of alkyl halides is 3. The number of halogens is 3. The molecule has 148 valence electrons. The quantitative estimate of drug-likeness (QED) is 0.529. The Hall–Kier alpha value is -1.19. The van der Waals surface area contributed by atoms with Gasteiger partial charge in [0.2, 0.25) is 0 Å². The van der Waals surface area contributed by atoms with Crippen LogP contribution < -0.4 is 4.74 Å². The molecule has 0 atom stereocenters. The first-order chi connectivity index (χ1) is 12.4. The zero-order chi connectivity index (χ0) is 19.2. The van der Waals surface area contributed by atoms with E-state index in [2.05, 4.69) is 11.7 Å². The summed E-state index contributed by atoms with van der Waals surface area (Å²) in [6, 6.07) is 6.48. The first kappa shape index (κ1) is 21.1. The molecule has 0 heterocycles. The van der Waals surface area contributed by atoms with Crippen molar-refractivity contribution in [1.82, 2.24) is 0 Å². The second kappa shape index (κ2) is 9.66. The minimum absolute atomic E-state index is 0.128. The van der Waals surface area contributed by atoms with E-state index in [1.807, 2.05) is 13.8 Å². The number of rotatable bonds is 3. The predicted octanol–water partition coefficient (Wildman–Crippen LogP) is 7.71. The third kappa shape index (κ3) is 6.21. The number of ether oxygens (including phenoxy) is 1. The maximum absolute atomic E-state index is 12.2. The lowest BCUT2D eigenvalue weighted by molar-refractivity contribution is -0.274. The molecule has 0 amide bonds. The Balaban J connectivity index is 0.00000117. The largest absolute Gasteiger partial charge is 0.573 e. The van der Waals surface area contributed by atoms with Crippen molar-refractivity contribution in [2.24, 2.45) is 17.8 Å². The lowest BCUT2D eigenvalue weighted by atomic mass is 9.68. The molecular formula is C22H33F3O. The molecule has 0 saturated heterocycles. The summed E-state index contributed by atoms with van der Waals surface area (Å²) >= 11 is 0. The molecule has 2 saturated carbocycles. The summed E-state index contributed by atoms with van der Waals surface area (Å²) < 4.78 is 40.6. The average Bonchev–Trinajstić information content (AvgIpc) is 2.64. The van der Waals surface area contributed by atoms with Gasteiger partial charge in [-0.2, -0.15) is 0 Å². The summed E-state index contributed by atoms with van der Waals surface area (Å²) in [5.74, 6) is 3.03. The normalized spacial score (nSPS) is 29.5. The van der Waals surface area contributed by atoms with Crippen LogP contribution in [0.1, 0.15) is 83.6 Å². The maximum Gasteiger partial charge on any atom is 0.573 e. The van der Waals surface area contributed by atoms with Gasteiger partial charge in [-0.15, -0.1) is 13.2 Å². The van der Waals surface area contributed by atoms with E-state index in [0.29, 0.717) is 5.92 Å². The molecule has 26 heavy (non-hydrogen) atoms. The molecule has 3 rings (SSSR count). The third-order valence-electron chi connectivity index (χ3n) is 6.08. The highest BCUT2D eigenvalue weighted by molar-refractivity contribution is 5.29.